The molecular weight excluding hydrogens is 360 g/mol. The van der Waals surface area contributed by atoms with Crippen LogP contribution in [0.3, 0.4) is 0 Å². The smallest absolute Gasteiger partial charge is 0.326 e. The number of hydrogen-bond donors (Lipinski definition) is 1. The maximum Gasteiger partial charge on any atom is 0.326 e. The van der Waals surface area contributed by atoms with Crippen LogP contribution < -0.4 is 15.0 Å². The van der Waals surface area contributed by atoms with E-state index in [1.807, 2.05) is 0 Å². The van der Waals surface area contributed by atoms with E-state index in [9.17, 15) is 14.4 Å². The van der Waals surface area contributed by atoms with Gasteiger partial charge < -0.3 is 14.8 Å². The highest BCUT2D eigenvalue weighted by Crippen LogP contribution is 2.38. The van der Waals surface area contributed by atoms with Crippen LogP contribution in [-0.2, 0) is 14.3 Å². The molecule has 0 radical (unpaired) electrons. The third kappa shape index (κ3) is 4.29. The number of ether oxygens (including phenoxy) is 2. The highest BCUT2D eigenvalue weighted by molar-refractivity contribution is 6.06. The van der Waals surface area contributed by atoms with E-state index in [0.717, 1.165) is 25.7 Å². The van der Waals surface area contributed by atoms with Gasteiger partial charge in [-0.3, -0.25) is 19.3 Å². The molecule has 7 nitrogen and oxygen atoms in total. The Labute approximate surface area is 165 Å². The first kappa shape index (κ1) is 20.2. The Morgan fingerprint density at radius 2 is 1.96 bits per heavy atom. The van der Waals surface area contributed by atoms with Crippen LogP contribution in [0, 0.1) is 0 Å². The zero-order chi connectivity index (χ0) is 20.5. The Morgan fingerprint density at radius 3 is 2.61 bits per heavy atom. The summed E-state index contributed by atoms with van der Waals surface area (Å²) < 4.78 is 11.0. The largest absolute Gasteiger partial charge is 0.476 e. The minimum Gasteiger partial charge on any atom is -0.476 e. The minimum atomic E-state index is -1.11. The molecule has 0 unspecified atom stereocenters. The topological polar surface area (TPSA) is 84.9 Å². The van der Waals surface area contributed by atoms with Gasteiger partial charge >= 0.3 is 5.97 Å². The molecule has 0 aromatic heterocycles. The Kier molecular flexibility index (Phi) is 5.63. The SMILES string of the molecule is CC(C)OC(=O)CN1C(=O)C(C)(C)Oc2ccc(C(=O)NC3CCCC3)cc21. The molecule has 1 fully saturated rings. The van der Waals surface area contributed by atoms with E-state index in [2.05, 4.69) is 5.32 Å². The monoisotopic (exact) mass is 388 g/mol. The van der Waals surface area contributed by atoms with E-state index >= 15 is 0 Å². The van der Waals surface area contributed by atoms with Crippen LogP contribution in [0.25, 0.3) is 0 Å². The molecule has 2 amide bonds. The lowest BCUT2D eigenvalue weighted by molar-refractivity contribution is -0.147. The summed E-state index contributed by atoms with van der Waals surface area (Å²) in [6.45, 7) is 6.58. The maximum atomic E-state index is 12.9. The Hall–Kier alpha value is -2.57. The number of hydrogen-bond acceptors (Lipinski definition) is 5. The molecule has 0 bridgehead atoms. The van der Waals surface area contributed by atoms with Crippen LogP contribution in [0.15, 0.2) is 18.2 Å². The number of amides is 2. The summed E-state index contributed by atoms with van der Waals surface area (Å²) in [5, 5.41) is 3.04. The number of carbonyl (C=O) groups is 3. The number of fused-ring (bicyclic) bond motifs is 1. The van der Waals surface area contributed by atoms with Gasteiger partial charge in [0.25, 0.3) is 11.8 Å². The average molecular weight is 388 g/mol. The third-order valence-corrected chi connectivity index (χ3v) is 4.98. The minimum absolute atomic E-state index is 0.184. The summed E-state index contributed by atoms with van der Waals surface area (Å²) in [5.41, 5.74) is -0.272. The van der Waals surface area contributed by atoms with Gasteiger partial charge in [-0.15, -0.1) is 0 Å². The second-order valence-corrected chi connectivity index (χ2v) is 8.18. The van der Waals surface area contributed by atoms with Crippen molar-refractivity contribution in [3.8, 4) is 5.75 Å². The van der Waals surface area contributed by atoms with E-state index in [-0.39, 0.29) is 30.5 Å². The van der Waals surface area contributed by atoms with E-state index in [1.165, 1.54) is 4.90 Å². The Balaban J connectivity index is 1.87. The van der Waals surface area contributed by atoms with Crippen LogP contribution in [-0.4, -0.2) is 42.1 Å². The third-order valence-electron chi connectivity index (χ3n) is 4.98. The molecule has 1 aromatic carbocycles. The molecule has 1 aliphatic carbocycles. The number of nitrogens with zero attached hydrogens (tertiary/aromatic N) is 1. The fourth-order valence-electron chi connectivity index (χ4n) is 3.63. The van der Waals surface area contributed by atoms with Crippen molar-refractivity contribution < 1.29 is 23.9 Å². The second-order valence-electron chi connectivity index (χ2n) is 8.18. The summed E-state index contributed by atoms with van der Waals surface area (Å²) in [6, 6.07) is 5.15. The second kappa shape index (κ2) is 7.81. The van der Waals surface area contributed by atoms with Gasteiger partial charge in [0.2, 0.25) is 0 Å². The molecule has 0 atom stereocenters. The molecule has 0 spiro atoms. The first-order valence-electron chi connectivity index (χ1n) is 9.83. The quantitative estimate of drug-likeness (QED) is 0.784. The molecule has 2 aliphatic rings. The lowest BCUT2D eigenvalue weighted by Gasteiger charge is -2.38. The molecule has 3 rings (SSSR count). The summed E-state index contributed by atoms with van der Waals surface area (Å²) in [7, 11) is 0. The molecule has 0 saturated heterocycles. The van der Waals surface area contributed by atoms with Gasteiger partial charge in [0, 0.05) is 11.6 Å². The lowest BCUT2D eigenvalue weighted by Crippen LogP contribution is -2.54. The fraction of sp³-hybridized carbons (Fsp3) is 0.571. The highest BCUT2D eigenvalue weighted by Gasteiger charge is 2.42. The predicted octanol–water partition coefficient (Wildman–Crippen LogP) is 2.81. The Bertz CT molecular complexity index is 781. The van der Waals surface area contributed by atoms with Gasteiger partial charge in [-0.1, -0.05) is 12.8 Å². The van der Waals surface area contributed by atoms with E-state index in [1.54, 1.807) is 45.9 Å². The van der Waals surface area contributed by atoms with Gasteiger partial charge in [-0.25, -0.2) is 0 Å². The summed E-state index contributed by atoms with van der Waals surface area (Å²) in [5.74, 6) is -0.585. The van der Waals surface area contributed by atoms with Crippen molar-refractivity contribution in [3.05, 3.63) is 23.8 Å². The molecule has 1 aliphatic heterocycles. The molecule has 7 heteroatoms. The van der Waals surface area contributed by atoms with E-state index < -0.39 is 11.6 Å². The molecule has 1 saturated carbocycles. The van der Waals surface area contributed by atoms with Crippen molar-refractivity contribution in [3.63, 3.8) is 0 Å². The first-order valence-corrected chi connectivity index (χ1v) is 9.83. The molecule has 1 N–H and O–H groups in total. The van der Waals surface area contributed by atoms with Crippen molar-refractivity contribution in [1.29, 1.82) is 0 Å². The Morgan fingerprint density at radius 1 is 1.29 bits per heavy atom. The van der Waals surface area contributed by atoms with Crippen molar-refractivity contribution in [2.45, 2.75) is 71.1 Å². The lowest BCUT2D eigenvalue weighted by atomic mass is 10.0. The molecule has 28 heavy (non-hydrogen) atoms. The van der Waals surface area contributed by atoms with Crippen molar-refractivity contribution in [2.75, 3.05) is 11.4 Å². The number of carbonyl (C=O) groups excluding carboxylic acids is 3. The van der Waals surface area contributed by atoms with Gasteiger partial charge in [-0.2, -0.15) is 0 Å². The zero-order valence-electron chi connectivity index (χ0n) is 16.9. The van der Waals surface area contributed by atoms with Gasteiger partial charge in [0.1, 0.15) is 12.3 Å². The summed E-state index contributed by atoms with van der Waals surface area (Å²) >= 11 is 0. The first-order chi connectivity index (χ1) is 13.2. The van der Waals surface area contributed by atoms with Crippen molar-refractivity contribution in [1.82, 2.24) is 5.32 Å². The number of rotatable bonds is 5. The number of nitrogens with one attached hydrogen (secondary N) is 1. The molecule has 1 aromatic rings. The van der Waals surface area contributed by atoms with Crippen molar-refractivity contribution >= 4 is 23.5 Å². The normalized spacial score (nSPS) is 18.6. The predicted molar refractivity (Wildman–Crippen MR) is 104 cm³/mol. The molecular formula is C21H28N2O5. The average Bonchev–Trinajstić information content (AvgIpc) is 3.10. The number of anilines is 1. The van der Waals surface area contributed by atoms with Gasteiger partial charge in [-0.05, 0) is 58.7 Å². The van der Waals surface area contributed by atoms with Crippen LogP contribution in [0.4, 0.5) is 5.69 Å². The number of benzene rings is 1. The van der Waals surface area contributed by atoms with Crippen molar-refractivity contribution in [2.24, 2.45) is 0 Å². The molecule has 1 heterocycles. The van der Waals surface area contributed by atoms with E-state index in [4.69, 9.17) is 9.47 Å². The van der Waals surface area contributed by atoms with Gasteiger partial charge in [0.15, 0.2) is 5.60 Å². The number of esters is 1. The highest BCUT2D eigenvalue weighted by atomic mass is 16.5. The van der Waals surface area contributed by atoms with Gasteiger partial charge in [0.05, 0.1) is 11.8 Å². The maximum absolute atomic E-state index is 12.9. The van der Waals surface area contributed by atoms with Crippen LogP contribution in [0.5, 0.6) is 5.75 Å². The van der Waals surface area contributed by atoms with Crippen LogP contribution in [0.1, 0.15) is 63.7 Å². The zero-order valence-corrected chi connectivity index (χ0v) is 16.9. The fourth-order valence-corrected chi connectivity index (χ4v) is 3.63. The van der Waals surface area contributed by atoms with Crippen LogP contribution >= 0.6 is 0 Å². The van der Waals surface area contributed by atoms with Crippen LogP contribution in [0.2, 0.25) is 0 Å². The summed E-state index contributed by atoms with van der Waals surface area (Å²) in [6.07, 6.45) is 3.94. The van der Waals surface area contributed by atoms with E-state index in [0.29, 0.717) is 17.0 Å². The molecule has 152 valence electrons. The summed E-state index contributed by atoms with van der Waals surface area (Å²) in [4.78, 5) is 39.1. The standard InChI is InChI=1S/C21H28N2O5/c1-13(2)27-18(24)12-23-16-11-14(19(25)22-15-7-5-6-8-15)9-10-17(16)28-21(3,4)20(23)26/h9-11,13,15H,5-8,12H2,1-4H3,(H,22,25).